The van der Waals surface area contributed by atoms with Gasteiger partial charge in [-0.05, 0) is 30.9 Å². The van der Waals surface area contributed by atoms with Crippen molar-refractivity contribution in [2.45, 2.75) is 12.8 Å². The summed E-state index contributed by atoms with van der Waals surface area (Å²) < 4.78 is 6.33. The molecule has 2 amide bonds. The molecule has 4 nitrogen and oxygen atoms in total. The molecular weight excluding hydrogens is 355 g/mol. The molecule has 1 N–H and O–H groups in total. The number of rotatable bonds is 3. The number of halogens is 1. The molecule has 1 fully saturated rings. The fraction of sp³-hybridized carbons (Fsp3) is 0.500. The molecule has 0 saturated carbocycles. The summed E-state index contributed by atoms with van der Waals surface area (Å²) in [6.45, 7) is 1.70. The lowest BCUT2D eigenvalue weighted by atomic mass is 10.00. The van der Waals surface area contributed by atoms with Crippen molar-refractivity contribution >= 4 is 34.3 Å². The summed E-state index contributed by atoms with van der Waals surface area (Å²) in [4.78, 5) is 14.0. The van der Waals surface area contributed by atoms with Crippen LogP contribution in [0.3, 0.4) is 0 Å². The molecule has 1 heterocycles. The molecule has 1 saturated heterocycles. The Bertz CT molecular complexity index is 431. The number of hydrogen-bond acceptors (Lipinski definition) is 2. The molecule has 19 heavy (non-hydrogen) atoms. The average Bonchev–Trinajstić information content (AvgIpc) is 2.47. The second kappa shape index (κ2) is 6.98. The first-order valence-electron chi connectivity index (χ1n) is 6.49. The smallest absolute Gasteiger partial charge is 0.321 e. The minimum atomic E-state index is -0.0137. The van der Waals surface area contributed by atoms with E-state index in [0.29, 0.717) is 0 Å². The number of hydrogen-bond donors (Lipinski definition) is 1. The van der Waals surface area contributed by atoms with Gasteiger partial charge in [0.2, 0.25) is 0 Å². The number of methoxy groups -OCH3 is 1. The Morgan fingerprint density at radius 2 is 2.21 bits per heavy atom. The van der Waals surface area contributed by atoms with E-state index in [4.69, 9.17) is 4.74 Å². The monoisotopic (exact) mass is 374 g/mol. The first kappa shape index (κ1) is 14.4. The summed E-state index contributed by atoms with van der Waals surface area (Å²) in [5.41, 5.74) is 0.778. The maximum Gasteiger partial charge on any atom is 0.321 e. The van der Waals surface area contributed by atoms with Crippen LogP contribution in [0, 0.1) is 5.92 Å². The summed E-state index contributed by atoms with van der Waals surface area (Å²) in [5.74, 6) is 1.52. The van der Waals surface area contributed by atoms with Crippen LogP contribution in [0.5, 0.6) is 5.75 Å². The molecule has 1 aliphatic heterocycles. The van der Waals surface area contributed by atoms with Gasteiger partial charge in [-0.25, -0.2) is 4.79 Å². The van der Waals surface area contributed by atoms with Crippen molar-refractivity contribution < 1.29 is 9.53 Å². The van der Waals surface area contributed by atoms with Crippen LogP contribution in [0.15, 0.2) is 24.3 Å². The second-order valence-electron chi connectivity index (χ2n) is 4.75. The number of ether oxygens (including phenoxy) is 1. The van der Waals surface area contributed by atoms with Crippen LogP contribution in [0.2, 0.25) is 0 Å². The highest BCUT2D eigenvalue weighted by atomic mass is 127. The van der Waals surface area contributed by atoms with Crippen LogP contribution in [-0.4, -0.2) is 35.6 Å². The van der Waals surface area contributed by atoms with Crippen molar-refractivity contribution in [2.24, 2.45) is 5.92 Å². The number of nitrogens with zero attached hydrogens (tertiary/aromatic N) is 1. The van der Waals surface area contributed by atoms with Crippen LogP contribution in [0.25, 0.3) is 0 Å². The summed E-state index contributed by atoms with van der Waals surface area (Å²) >= 11 is 2.42. The lowest BCUT2D eigenvalue weighted by molar-refractivity contribution is 0.188. The molecule has 0 spiro atoms. The van der Waals surface area contributed by atoms with E-state index >= 15 is 0 Å². The zero-order valence-corrected chi connectivity index (χ0v) is 13.2. The maximum absolute atomic E-state index is 12.1. The second-order valence-corrected chi connectivity index (χ2v) is 5.63. The maximum atomic E-state index is 12.1. The van der Waals surface area contributed by atoms with E-state index < -0.39 is 0 Å². The van der Waals surface area contributed by atoms with E-state index in [2.05, 4.69) is 27.9 Å². The number of benzene rings is 1. The normalized spacial score (nSPS) is 16.2. The number of likely N-dealkylation sites (tertiary alicyclic amines) is 1. The third-order valence-electron chi connectivity index (χ3n) is 3.44. The molecule has 0 unspecified atom stereocenters. The Hall–Kier alpha value is -0.980. The summed E-state index contributed by atoms with van der Waals surface area (Å²) in [7, 11) is 1.62. The van der Waals surface area contributed by atoms with Gasteiger partial charge in [-0.3, -0.25) is 0 Å². The van der Waals surface area contributed by atoms with Crippen molar-refractivity contribution in [3.05, 3.63) is 24.3 Å². The first-order chi connectivity index (χ1) is 9.22. The van der Waals surface area contributed by atoms with E-state index in [-0.39, 0.29) is 6.03 Å². The number of carbonyl (C=O) groups excluding carboxylic acids is 1. The summed E-state index contributed by atoms with van der Waals surface area (Å²) in [5, 5.41) is 2.92. The van der Waals surface area contributed by atoms with Gasteiger partial charge in [0, 0.05) is 29.3 Å². The number of urea groups is 1. The summed E-state index contributed by atoms with van der Waals surface area (Å²) in [6.07, 6.45) is 2.21. The fourth-order valence-electron chi connectivity index (χ4n) is 2.19. The van der Waals surface area contributed by atoms with Crippen molar-refractivity contribution in [3.63, 3.8) is 0 Å². The molecule has 104 valence electrons. The minimum Gasteiger partial charge on any atom is -0.497 e. The van der Waals surface area contributed by atoms with Gasteiger partial charge in [0.05, 0.1) is 7.11 Å². The Balaban J connectivity index is 1.90. The number of carbonyl (C=O) groups is 1. The van der Waals surface area contributed by atoms with Crippen LogP contribution >= 0.6 is 22.6 Å². The van der Waals surface area contributed by atoms with Gasteiger partial charge in [-0.2, -0.15) is 0 Å². The fourth-order valence-corrected chi connectivity index (χ4v) is 3.07. The van der Waals surface area contributed by atoms with Crippen LogP contribution < -0.4 is 10.1 Å². The van der Waals surface area contributed by atoms with Gasteiger partial charge in [0.1, 0.15) is 5.75 Å². The van der Waals surface area contributed by atoms with Crippen molar-refractivity contribution in [2.75, 3.05) is 29.9 Å². The molecule has 0 atom stereocenters. The van der Waals surface area contributed by atoms with Gasteiger partial charge in [0.25, 0.3) is 0 Å². The third kappa shape index (κ3) is 3.99. The number of alkyl halides is 1. The lowest BCUT2D eigenvalue weighted by Gasteiger charge is -2.31. The average molecular weight is 374 g/mol. The highest BCUT2D eigenvalue weighted by molar-refractivity contribution is 14.1. The van der Waals surface area contributed by atoms with Crippen molar-refractivity contribution in [1.82, 2.24) is 4.90 Å². The standard InChI is InChI=1S/C14H19IN2O2/c1-19-13-4-2-3-12(9-13)16-14(18)17-7-5-11(10-15)6-8-17/h2-4,9,11H,5-8,10H2,1H3,(H,16,18). The molecule has 1 aliphatic rings. The molecular formula is C14H19IN2O2. The predicted molar refractivity (Wildman–Crippen MR) is 85.2 cm³/mol. The largest absolute Gasteiger partial charge is 0.497 e. The zero-order chi connectivity index (χ0) is 13.7. The van der Waals surface area contributed by atoms with E-state index in [1.54, 1.807) is 7.11 Å². The third-order valence-corrected chi connectivity index (χ3v) is 4.69. The quantitative estimate of drug-likeness (QED) is 0.651. The van der Waals surface area contributed by atoms with Crippen molar-refractivity contribution in [3.8, 4) is 5.75 Å². The topological polar surface area (TPSA) is 41.6 Å². The molecule has 0 aliphatic carbocycles. The van der Waals surface area contributed by atoms with Gasteiger partial charge in [-0.1, -0.05) is 28.7 Å². The van der Waals surface area contributed by atoms with Crippen LogP contribution in [0.4, 0.5) is 10.5 Å². The van der Waals surface area contributed by atoms with Gasteiger partial charge < -0.3 is 15.0 Å². The highest BCUT2D eigenvalue weighted by Crippen LogP contribution is 2.21. The van der Waals surface area contributed by atoms with Gasteiger partial charge in [-0.15, -0.1) is 0 Å². The predicted octanol–water partition coefficient (Wildman–Crippen LogP) is 3.37. The van der Waals surface area contributed by atoms with Crippen molar-refractivity contribution in [1.29, 1.82) is 0 Å². The molecule has 5 heteroatoms. The SMILES string of the molecule is COc1cccc(NC(=O)N2CCC(CI)CC2)c1. The van der Waals surface area contributed by atoms with E-state index in [1.165, 1.54) is 4.43 Å². The molecule has 1 aromatic rings. The number of anilines is 1. The Morgan fingerprint density at radius 3 is 2.84 bits per heavy atom. The zero-order valence-electron chi connectivity index (χ0n) is 11.1. The van der Waals surface area contributed by atoms with Crippen LogP contribution in [0.1, 0.15) is 12.8 Å². The molecule has 0 aromatic heterocycles. The minimum absolute atomic E-state index is 0.0137. The van der Waals surface area contributed by atoms with E-state index in [1.807, 2.05) is 29.2 Å². The summed E-state index contributed by atoms with van der Waals surface area (Å²) in [6, 6.07) is 7.42. The van der Waals surface area contributed by atoms with Gasteiger partial charge >= 0.3 is 6.03 Å². The number of amides is 2. The molecule has 1 aromatic carbocycles. The Kier molecular flexibility index (Phi) is 5.30. The highest BCUT2D eigenvalue weighted by Gasteiger charge is 2.21. The van der Waals surface area contributed by atoms with Gasteiger partial charge in [0.15, 0.2) is 0 Å². The molecule has 2 rings (SSSR count). The Morgan fingerprint density at radius 1 is 1.47 bits per heavy atom. The molecule has 0 radical (unpaired) electrons. The van der Waals surface area contributed by atoms with E-state index in [0.717, 1.165) is 43.3 Å². The van der Waals surface area contributed by atoms with Crippen LogP contribution in [-0.2, 0) is 0 Å². The number of piperidine rings is 1. The Labute approximate surface area is 127 Å². The lowest BCUT2D eigenvalue weighted by Crippen LogP contribution is -2.41. The molecule has 0 bridgehead atoms. The van der Waals surface area contributed by atoms with E-state index in [9.17, 15) is 4.79 Å². The first-order valence-corrected chi connectivity index (χ1v) is 8.01. The number of nitrogens with one attached hydrogen (secondary N) is 1.